The highest BCUT2D eigenvalue weighted by atomic mass is 79.9. The van der Waals surface area contributed by atoms with Crippen molar-refractivity contribution < 1.29 is 14.0 Å². The van der Waals surface area contributed by atoms with Crippen LogP contribution < -0.4 is 5.32 Å². The van der Waals surface area contributed by atoms with Crippen molar-refractivity contribution in [1.29, 1.82) is 0 Å². The Morgan fingerprint density at radius 3 is 2.34 bits per heavy atom. The summed E-state index contributed by atoms with van der Waals surface area (Å²) in [5.74, 6) is 0.513. The van der Waals surface area contributed by atoms with E-state index in [1.54, 1.807) is 17.0 Å². The lowest BCUT2D eigenvalue weighted by molar-refractivity contribution is -0.139. The van der Waals surface area contributed by atoms with E-state index in [-0.39, 0.29) is 36.0 Å². The fourth-order valence-corrected chi connectivity index (χ4v) is 5.13. The van der Waals surface area contributed by atoms with Crippen LogP contribution in [-0.4, -0.2) is 34.6 Å². The average Bonchev–Trinajstić information content (AvgIpc) is 3.29. The van der Waals surface area contributed by atoms with E-state index in [0.29, 0.717) is 12.2 Å². The number of hydrogen-bond donors (Lipinski definition) is 1. The van der Waals surface area contributed by atoms with Crippen LogP contribution in [0.2, 0.25) is 0 Å². The number of thioether (sulfide) groups is 1. The fourth-order valence-electron chi connectivity index (χ4n) is 3.99. The van der Waals surface area contributed by atoms with Crippen molar-refractivity contribution >= 4 is 39.5 Å². The van der Waals surface area contributed by atoms with Crippen molar-refractivity contribution in [2.24, 2.45) is 0 Å². The van der Waals surface area contributed by atoms with Crippen LogP contribution >= 0.6 is 27.7 Å². The van der Waals surface area contributed by atoms with Gasteiger partial charge in [0.2, 0.25) is 11.8 Å². The Kier molecular flexibility index (Phi) is 9.60. The monoisotopic (exact) mass is 520 g/mol. The Morgan fingerprint density at radius 1 is 1.09 bits per heavy atom. The molecule has 172 valence electrons. The minimum atomic E-state index is -0.540. The van der Waals surface area contributed by atoms with Gasteiger partial charge in [-0.25, -0.2) is 4.39 Å². The Balaban J connectivity index is 1.68. The van der Waals surface area contributed by atoms with Gasteiger partial charge in [0, 0.05) is 22.8 Å². The first-order chi connectivity index (χ1) is 15.5. The van der Waals surface area contributed by atoms with Gasteiger partial charge in [0.1, 0.15) is 11.9 Å². The van der Waals surface area contributed by atoms with Gasteiger partial charge in [-0.15, -0.1) is 11.8 Å². The standard InChI is InChI=1S/C25H30BrFN2O2S/c1-2-23(25(31)28-22-5-3-4-6-22)29(15-18-9-13-21(27)14-10-18)24(30)17-32-16-19-7-11-20(26)12-8-19/h7-14,22-23H,2-6,15-17H2,1H3,(H,28,31). The molecule has 3 rings (SSSR count). The predicted octanol–water partition coefficient (Wildman–Crippen LogP) is 5.69. The summed E-state index contributed by atoms with van der Waals surface area (Å²) in [7, 11) is 0. The second-order valence-electron chi connectivity index (χ2n) is 8.18. The molecule has 2 aromatic carbocycles. The van der Waals surface area contributed by atoms with Crippen molar-refractivity contribution in [2.75, 3.05) is 5.75 Å². The van der Waals surface area contributed by atoms with E-state index < -0.39 is 6.04 Å². The van der Waals surface area contributed by atoms with Gasteiger partial charge in [0.25, 0.3) is 0 Å². The molecular formula is C25H30BrFN2O2S. The lowest BCUT2D eigenvalue weighted by atomic mass is 10.1. The normalized spacial score (nSPS) is 14.8. The summed E-state index contributed by atoms with van der Waals surface area (Å²) >= 11 is 4.97. The van der Waals surface area contributed by atoms with Crippen LogP contribution in [0.3, 0.4) is 0 Å². The maximum Gasteiger partial charge on any atom is 0.243 e. The molecule has 1 fully saturated rings. The van der Waals surface area contributed by atoms with Crippen LogP contribution in [0.5, 0.6) is 0 Å². The summed E-state index contributed by atoms with van der Waals surface area (Å²) in [6, 6.07) is 13.8. The minimum Gasteiger partial charge on any atom is -0.352 e. The minimum absolute atomic E-state index is 0.0788. The lowest BCUT2D eigenvalue weighted by Gasteiger charge is -2.31. The van der Waals surface area contributed by atoms with Gasteiger partial charge < -0.3 is 10.2 Å². The van der Waals surface area contributed by atoms with Crippen LogP contribution in [0.25, 0.3) is 0 Å². The maximum absolute atomic E-state index is 13.4. The molecule has 1 unspecified atom stereocenters. The third-order valence-corrected chi connectivity index (χ3v) is 7.28. The third kappa shape index (κ3) is 7.34. The Bertz CT molecular complexity index is 886. The van der Waals surface area contributed by atoms with Gasteiger partial charge in [-0.1, -0.05) is 60.0 Å². The molecule has 0 saturated heterocycles. The van der Waals surface area contributed by atoms with Crippen molar-refractivity contribution in [2.45, 2.75) is 63.4 Å². The summed E-state index contributed by atoms with van der Waals surface area (Å²) in [5.41, 5.74) is 1.95. The van der Waals surface area contributed by atoms with E-state index in [9.17, 15) is 14.0 Å². The molecule has 4 nitrogen and oxygen atoms in total. The van der Waals surface area contributed by atoms with Crippen molar-refractivity contribution in [1.82, 2.24) is 10.2 Å². The molecule has 32 heavy (non-hydrogen) atoms. The van der Waals surface area contributed by atoms with Crippen LogP contribution in [0.15, 0.2) is 53.0 Å². The number of benzene rings is 2. The second-order valence-corrected chi connectivity index (χ2v) is 10.1. The van der Waals surface area contributed by atoms with Crippen LogP contribution in [0.4, 0.5) is 4.39 Å². The molecule has 0 spiro atoms. The van der Waals surface area contributed by atoms with Crippen LogP contribution in [0.1, 0.15) is 50.2 Å². The van der Waals surface area contributed by atoms with E-state index in [1.165, 1.54) is 23.9 Å². The van der Waals surface area contributed by atoms with Crippen molar-refractivity contribution in [3.05, 3.63) is 69.9 Å². The van der Waals surface area contributed by atoms with Crippen molar-refractivity contribution in [3.8, 4) is 0 Å². The zero-order valence-electron chi connectivity index (χ0n) is 18.4. The van der Waals surface area contributed by atoms with Gasteiger partial charge in [-0.3, -0.25) is 9.59 Å². The topological polar surface area (TPSA) is 49.4 Å². The molecule has 2 amide bonds. The quantitative estimate of drug-likeness (QED) is 0.437. The molecule has 1 aliphatic carbocycles. The summed E-state index contributed by atoms with van der Waals surface area (Å²) in [6.07, 6.45) is 4.79. The Labute approximate surface area is 202 Å². The van der Waals surface area contributed by atoms with Crippen LogP contribution in [-0.2, 0) is 21.9 Å². The predicted molar refractivity (Wildman–Crippen MR) is 132 cm³/mol. The molecule has 1 atom stereocenters. The molecule has 0 aromatic heterocycles. The number of carbonyl (C=O) groups excluding carboxylic acids is 2. The zero-order valence-corrected chi connectivity index (χ0v) is 20.8. The van der Waals surface area contributed by atoms with Gasteiger partial charge >= 0.3 is 0 Å². The number of nitrogens with zero attached hydrogens (tertiary/aromatic N) is 1. The van der Waals surface area contributed by atoms with E-state index in [4.69, 9.17) is 0 Å². The highest BCUT2D eigenvalue weighted by molar-refractivity contribution is 9.10. The summed E-state index contributed by atoms with van der Waals surface area (Å²) in [6.45, 7) is 2.22. The SMILES string of the molecule is CCC(C(=O)NC1CCCC1)N(Cc1ccc(F)cc1)C(=O)CSCc1ccc(Br)cc1. The van der Waals surface area contributed by atoms with Crippen LogP contribution in [0, 0.1) is 5.82 Å². The molecule has 7 heteroatoms. The van der Waals surface area contributed by atoms with E-state index >= 15 is 0 Å². The smallest absolute Gasteiger partial charge is 0.243 e. The van der Waals surface area contributed by atoms with E-state index in [2.05, 4.69) is 21.2 Å². The molecule has 1 N–H and O–H groups in total. The molecule has 2 aromatic rings. The fraction of sp³-hybridized carbons (Fsp3) is 0.440. The van der Waals surface area contributed by atoms with Gasteiger partial charge in [0.05, 0.1) is 5.75 Å². The summed E-state index contributed by atoms with van der Waals surface area (Å²) < 4.78 is 14.4. The molecule has 0 bridgehead atoms. The number of hydrogen-bond acceptors (Lipinski definition) is 3. The first-order valence-electron chi connectivity index (χ1n) is 11.1. The number of rotatable bonds is 10. The first-order valence-corrected chi connectivity index (χ1v) is 13.1. The van der Waals surface area contributed by atoms with Gasteiger partial charge in [-0.05, 0) is 54.7 Å². The molecular weight excluding hydrogens is 491 g/mol. The number of halogens is 2. The molecule has 0 radical (unpaired) electrons. The van der Waals surface area contributed by atoms with Gasteiger partial charge in [-0.2, -0.15) is 0 Å². The zero-order chi connectivity index (χ0) is 22.9. The Hall–Kier alpha value is -1.86. The number of amides is 2. The van der Waals surface area contributed by atoms with E-state index in [1.807, 2.05) is 31.2 Å². The summed E-state index contributed by atoms with van der Waals surface area (Å²) in [4.78, 5) is 28.0. The lowest BCUT2D eigenvalue weighted by Crippen LogP contribution is -2.51. The highest BCUT2D eigenvalue weighted by Crippen LogP contribution is 2.21. The second kappa shape index (κ2) is 12.4. The molecule has 0 heterocycles. The number of nitrogens with one attached hydrogen (secondary N) is 1. The number of carbonyl (C=O) groups is 2. The average molecular weight is 521 g/mol. The molecule has 0 aliphatic heterocycles. The van der Waals surface area contributed by atoms with E-state index in [0.717, 1.165) is 41.3 Å². The van der Waals surface area contributed by atoms with Crippen molar-refractivity contribution in [3.63, 3.8) is 0 Å². The molecule has 1 saturated carbocycles. The third-order valence-electron chi connectivity index (χ3n) is 5.76. The first kappa shape index (κ1) is 24.8. The highest BCUT2D eigenvalue weighted by Gasteiger charge is 2.30. The molecule has 1 aliphatic rings. The summed E-state index contributed by atoms with van der Waals surface area (Å²) in [5, 5.41) is 3.14. The largest absolute Gasteiger partial charge is 0.352 e. The maximum atomic E-state index is 13.4. The Morgan fingerprint density at radius 2 is 1.72 bits per heavy atom. The van der Waals surface area contributed by atoms with Gasteiger partial charge in [0.15, 0.2) is 0 Å².